The van der Waals surface area contributed by atoms with Crippen molar-refractivity contribution in [2.75, 3.05) is 11.4 Å². The Bertz CT molecular complexity index is 628. The van der Waals surface area contributed by atoms with E-state index in [1.807, 2.05) is 4.90 Å². The summed E-state index contributed by atoms with van der Waals surface area (Å²) in [5.41, 5.74) is 3.59. The first kappa shape index (κ1) is 12.6. The number of nitrogens with zero attached hydrogens (tertiary/aromatic N) is 2. The predicted molar refractivity (Wildman–Crippen MR) is 78.4 cm³/mol. The quantitative estimate of drug-likeness (QED) is 0.775. The Labute approximate surface area is 120 Å². The molecular formula is C15H14BrFN2. The van der Waals surface area contributed by atoms with Crippen LogP contribution in [0.5, 0.6) is 0 Å². The van der Waals surface area contributed by atoms with Gasteiger partial charge in [0.1, 0.15) is 0 Å². The van der Waals surface area contributed by atoms with Gasteiger partial charge in [-0.1, -0.05) is 17.7 Å². The summed E-state index contributed by atoms with van der Waals surface area (Å²) >= 11 is 3.24. The predicted octanol–water partition coefficient (Wildman–Crippen LogP) is 4.38. The van der Waals surface area contributed by atoms with Crippen molar-refractivity contribution in [3.8, 4) is 0 Å². The molecule has 0 fully saturated rings. The summed E-state index contributed by atoms with van der Waals surface area (Å²) in [5, 5.41) is 0. The van der Waals surface area contributed by atoms with E-state index in [1.54, 1.807) is 6.20 Å². The van der Waals surface area contributed by atoms with Crippen molar-refractivity contribution in [3.63, 3.8) is 0 Å². The van der Waals surface area contributed by atoms with Crippen molar-refractivity contribution in [1.29, 1.82) is 0 Å². The van der Waals surface area contributed by atoms with E-state index in [-0.39, 0.29) is 5.82 Å². The third-order valence-electron chi connectivity index (χ3n) is 3.40. The summed E-state index contributed by atoms with van der Waals surface area (Å²) in [4.78, 5) is 6.20. The van der Waals surface area contributed by atoms with Gasteiger partial charge in [0.2, 0.25) is 0 Å². The second-order valence-corrected chi connectivity index (χ2v) is 5.76. The first-order valence-corrected chi connectivity index (χ1v) is 7.12. The first-order chi connectivity index (χ1) is 9.15. The molecule has 1 aromatic heterocycles. The van der Waals surface area contributed by atoms with Crippen molar-refractivity contribution in [2.45, 2.75) is 19.8 Å². The lowest BCUT2D eigenvalue weighted by atomic mass is 9.99. The van der Waals surface area contributed by atoms with Crippen molar-refractivity contribution in [1.82, 2.24) is 4.98 Å². The molecule has 0 N–H and O–H groups in total. The molecule has 19 heavy (non-hydrogen) atoms. The second-order valence-electron chi connectivity index (χ2n) is 4.85. The van der Waals surface area contributed by atoms with Gasteiger partial charge in [-0.05, 0) is 53.4 Å². The minimum absolute atomic E-state index is 0.289. The Morgan fingerprint density at radius 2 is 2.16 bits per heavy atom. The van der Waals surface area contributed by atoms with E-state index in [4.69, 9.17) is 0 Å². The van der Waals surface area contributed by atoms with Crippen LogP contribution < -0.4 is 4.90 Å². The first-order valence-electron chi connectivity index (χ1n) is 6.33. The van der Waals surface area contributed by atoms with Gasteiger partial charge in [-0.15, -0.1) is 0 Å². The van der Waals surface area contributed by atoms with Gasteiger partial charge >= 0.3 is 0 Å². The summed E-state index contributed by atoms with van der Waals surface area (Å²) in [6, 6.07) is 7.77. The van der Waals surface area contributed by atoms with Crippen LogP contribution in [0.2, 0.25) is 0 Å². The molecule has 4 heteroatoms. The summed E-state index contributed by atoms with van der Waals surface area (Å²) in [5.74, 6) is 0.121. The van der Waals surface area contributed by atoms with Crippen molar-refractivity contribution in [2.24, 2.45) is 0 Å². The zero-order valence-corrected chi connectivity index (χ0v) is 12.2. The fraction of sp³-hybridized carbons (Fsp3) is 0.267. The third-order valence-corrected chi connectivity index (χ3v) is 3.83. The van der Waals surface area contributed by atoms with Gasteiger partial charge in [-0.25, -0.2) is 9.37 Å². The molecule has 0 unspecified atom stereocenters. The Hall–Kier alpha value is -1.42. The number of halogens is 2. The summed E-state index contributed by atoms with van der Waals surface area (Å²) in [6.45, 7) is 2.89. The summed E-state index contributed by atoms with van der Waals surface area (Å²) in [6.07, 6.45) is 3.71. The molecule has 0 amide bonds. The standard InChI is InChI=1S/C15H14BrFN2/c1-10-4-5-14-11(7-10)3-2-6-19(14)15-13(17)8-12(16)9-18-15/h4-5,7-9H,2-3,6H2,1H3. The number of pyridine rings is 1. The van der Waals surface area contributed by atoms with Crippen LogP contribution >= 0.6 is 15.9 Å². The molecule has 0 radical (unpaired) electrons. The molecule has 0 spiro atoms. The van der Waals surface area contributed by atoms with Gasteiger partial charge in [-0.2, -0.15) is 0 Å². The molecule has 3 rings (SSSR count). The molecule has 0 aliphatic carbocycles. The Morgan fingerprint density at radius 3 is 2.95 bits per heavy atom. The average Bonchev–Trinajstić information content (AvgIpc) is 2.38. The van der Waals surface area contributed by atoms with Crippen LogP contribution in [-0.4, -0.2) is 11.5 Å². The molecule has 0 saturated carbocycles. The third kappa shape index (κ3) is 2.37. The van der Waals surface area contributed by atoms with Crippen LogP contribution in [0.3, 0.4) is 0 Å². The minimum Gasteiger partial charge on any atom is -0.324 e. The Kier molecular flexibility index (Phi) is 3.27. The maximum absolute atomic E-state index is 14.1. The van der Waals surface area contributed by atoms with Crippen LogP contribution in [0, 0.1) is 12.7 Å². The highest BCUT2D eigenvalue weighted by Crippen LogP contribution is 2.34. The molecule has 1 aliphatic rings. The largest absolute Gasteiger partial charge is 0.324 e. The van der Waals surface area contributed by atoms with Gasteiger partial charge in [0, 0.05) is 22.9 Å². The summed E-state index contributed by atoms with van der Waals surface area (Å²) in [7, 11) is 0. The van der Waals surface area contributed by atoms with Crippen LogP contribution in [0.4, 0.5) is 15.9 Å². The number of rotatable bonds is 1. The van der Waals surface area contributed by atoms with Gasteiger partial charge < -0.3 is 4.90 Å². The highest BCUT2D eigenvalue weighted by Gasteiger charge is 2.21. The number of fused-ring (bicyclic) bond motifs is 1. The Balaban J connectivity index is 2.08. The SMILES string of the molecule is Cc1ccc2c(c1)CCCN2c1ncc(Br)cc1F. The van der Waals surface area contributed by atoms with Crippen LogP contribution in [0.25, 0.3) is 0 Å². The van der Waals surface area contributed by atoms with Gasteiger partial charge in [0.05, 0.1) is 0 Å². The van der Waals surface area contributed by atoms with E-state index >= 15 is 0 Å². The molecular weight excluding hydrogens is 307 g/mol. The van der Waals surface area contributed by atoms with Crippen LogP contribution in [0.1, 0.15) is 17.5 Å². The lowest BCUT2D eigenvalue weighted by Crippen LogP contribution is -2.26. The van der Waals surface area contributed by atoms with Crippen LogP contribution in [0.15, 0.2) is 34.9 Å². The molecule has 1 aromatic carbocycles. The van der Waals surface area contributed by atoms with E-state index in [2.05, 4.69) is 46.0 Å². The average molecular weight is 321 g/mol. The number of aromatic nitrogens is 1. The molecule has 98 valence electrons. The topological polar surface area (TPSA) is 16.1 Å². The number of aryl methyl sites for hydroxylation is 2. The zero-order valence-electron chi connectivity index (χ0n) is 10.7. The normalized spacial score (nSPS) is 14.4. The van der Waals surface area contributed by atoms with Crippen molar-refractivity contribution < 1.29 is 4.39 Å². The molecule has 2 nitrogen and oxygen atoms in total. The lowest BCUT2D eigenvalue weighted by Gasteiger charge is -2.30. The van der Waals surface area contributed by atoms with Gasteiger partial charge in [0.25, 0.3) is 0 Å². The minimum atomic E-state index is -0.289. The van der Waals surface area contributed by atoms with Gasteiger partial charge in [-0.3, -0.25) is 0 Å². The fourth-order valence-electron chi connectivity index (χ4n) is 2.55. The lowest BCUT2D eigenvalue weighted by molar-refractivity contribution is 0.612. The van der Waals surface area contributed by atoms with Crippen molar-refractivity contribution in [3.05, 3.63) is 51.9 Å². The fourth-order valence-corrected chi connectivity index (χ4v) is 2.86. The smallest absolute Gasteiger partial charge is 0.169 e. The number of hydrogen-bond donors (Lipinski definition) is 0. The molecule has 2 aromatic rings. The van der Waals surface area contributed by atoms with E-state index in [0.29, 0.717) is 10.3 Å². The monoisotopic (exact) mass is 320 g/mol. The second kappa shape index (κ2) is 4.93. The molecule has 0 atom stereocenters. The summed E-state index contributed by atoms with van der Waals surface area (Å²) < 4.78 is 14.7. The maximum atomic E-state index is 14.1. The van der Waals surface area contributed by atoms with E-state index in [9.17, 15) is 4.39 Å². The van der Waals surface area contributed by atoms with E-state index in [0.717, 1.165) is 25.1 Å². The van der Waals surface area contributed by atoms with Crippen LogP contribution in [-0.2, 0) is 6.42 Å². The molecule has 0 bridgehead atoms. The number of hydrogen-bond acceptors (Lipinski definition) is 2. The number of anilines is 2. The molecule has 0 saturated heterocycles. The van der Waals surface area contributed by atoms with Gasteiger partial charge in [0.15, 0.2) is 11.6 Å². The highest BCUT2D eigenvalue weighted by atomic mass is 79.9. The van der Waals surface area contributed by atoms with E-state index in [1.165, 1.54) is 17.2 Å². The Morgan fingerprint density at radius 1 is 1.32 bits per heavy atom. The zero-order chi connectivity index (χ0) is 13.4. The maximum Gasteiger partial charge on any atom is 0.169 e. The van der Waals surface area contributed by atoms with Crippen molar-refractivity contribution >= 4 is 27.4 Å². The van der Waals surface area contributed by atoms with E-state index < -0.39 is 0 Å². The number of benzene rings is 1. The molecule has 2 heterocycles. The molecule has 1 aliphatic heterocycles. The highest BCUT2D eigenvalue weighted by molar-refractivity contribution is 9.10.